The van der Waals surface area contributed by atoms with E-state index in [-0.39, 0.29) is 46.3 Å². The molecule has 0 amide bonds. The van der Waals surface area contributed by atoms with Crippen LogP contribution in [0.4, 0.5) is 0 Å². The Labute approximate surface area is 209 Å². The predicted molar refractivity (Wildman–Crippen MR) is 134 cm³/mol. The predicted octanol–water partition coefficient (Wildman–Crippen LogP) is 4.78. The fourth-order valence-electron chi connectivity index (χ4n) is 8.91. The van der Waals surface area contributed by atoms with E-state index < -0.39 is 11.6 Å². The van der Waals surface area contributed by atoms with Crippen LogP contribution in [0.5, 0.6) is 0 Å². The average molecular weight is 486 g/mol. The molecule has 0 aromatic carbocycles. The minimum absolute atomic E-state index is 0.0394. The number of carbonyl (C=O) groups excluding carboxylic acids is 1. The first kappa shape index (κ1) is 25.0. The Morgan fingerprint density at radius 3 is 2.54 bits per heavy atom. The van der Waals surface area contributed by atoms with Crippen LogP contribution in [0, 0.1) is 34.5 Å². The van der Waals surface area contributed by atoms with Gasteiger partial charge in [-0.2, -0.15) is 0 Å². The summed E-state index contributed by atoms with van der Waals surface area (Å²) in [5, 5.41) is 12.4. The lowest BCUT2D eigenvalue weighted by Crippen LogP contribution is -2.62. The van der Waals surface area contributed by atoms with Crippen LogP contribution in [-0.4, -0.2) is 28.8 Å². The van der Waals surface area contributed by atoms with Crippen LogP contribution in [0.2, 0.25) is 0 Å². The van der Waals surface area contributed by atoms with E-state index in [2.05, 4.69) is 13.8 Å². The van der Waals surface area contributed by atoms with Crippen LogP contribution in [0.25, 0.3) is 0 Å². The molecule has 1 aromatic heterocycles. The van der Waals surface area contributed by atoms with Gasteiger partial charge in [0.25, 0.3) is 0 Å². The molecule has 0 aliphatic heterocycles. The van der Waals surface area contributed by atoms with Crippen molar-refractivity contribution in [1.29, 1.82) is 0 Å². The zero-order valence-corrected chi connectivity index (χ0v) is 21.8. The number of nitrogens with two attached hydrogens (primary N) is 1. The zero-order valence-electron chi connectivity index (χ0n) is 21.8. The summed E-state index contributed by atoms with van der Waals surface area (Å²) >= 11 is 0. The number of rotatable bonds is 4. The molecule has 0 saturated heterocycles. The first-order chi connectivity index (χ1) is 16.5. The Kier molecular flexibility index (Phi) is 6.23. The maximum absolute atomic E-state index is 12.5. The van der Waals surface area contributed by atoms with E-state index in [0.717, 1.165) is 63.4 Å². The molecule has 0 unspecified atom stereocenters. The third kappa shape index (κ3) is 3.81. The summed E-state index contributed by atoms with van der Waals surface area (Å²) in [6.07, 6.45) is 10.3. The van der Waals surface area contributed by atoms with Gasteiger partial charge in [0.1, 0.15) is 12.1 Å². The number of fused-ring (bicyclic) bond motifs is 5. The molecule has 0 bridgehead atoms. The summed E-state index contributed by atoms with van der Waals surface area (Å²) < 4.78 is 11.1. The lowest BCUT2D eigenvalue weighted by Gasteiger charge is -2.63. The molecule has 0 spiro atoms. The van der Waals surface area contributed by atoms with Crippen molar-refractivity contribution in [3.05, 3.63) is 34.4 Å². The van der Waals surface area contributed by atoms with Crippen LogP contribution in [-0.2, 0) is 9.53 Å². The molecule has 35 heavy (non-hydrogen) atoms. The summed E-state index contributed by atoms with van der Waals surface area (Å²) in [7, 11) is 0. The normalized spacial score (nSPS) is 43.7. The average Bonchev–Trinajstić information content (AvgIpc) is 3.10. The molecule has 6 nitrogen and oxygen atoms in total. The number of esters is 1. The minimum Gasteiger partial charge on any atom is -0.461 e. The van der Waals surface area contributed by atoms with Crippen molar-refractivity contribution in [1.82, 2.24) is 0 Å². The molecule has 9 atom stereocenters. The SMILES string of the molecule is CC(C)[C@H](N)C(=O)O[C@H]1CC[C@@]2(C)[C@H](CC[C@@H]3[C@@H]2CC[C@]2(C)[C@@H](c4ccc(=O)oc4)CC[C@]32O)C1. The van der Waals surface area contributed by atoms with Gasteiger partial charge in [-0.3, -0.25) is 4.79 Å². The highest BCUT2D eigenvalue weighted by Crippen LogP contribution is 2.70. The van der Waals surface area contributed by atoms with Crippen LogP contribution in [0.1, 0.15) is 97.0 Å². The Bertz CT molecular complexity index is 1000. The second-order valence-corrected chi connectivity index (χ2v) is 13.0. The Morgan fingerprint density at radius 2 is 1.86 bits per heavy atom. The molecule has 4 aliphatic carbocycles. The molecule has 1 heterocycles. The van der Waals surface area contributed by atoms with Gasteiger partial charge in [0.05, 0.1) is 11.9 Å². The molecule has 1 aromatic rings. The number of carbonyl (C=O) groups is 1. The van der Waals surface area contributed by atoms with Crippen molar-refractivity contribution in [3.63, 3.8) is 0 Å². The van der Waals surface area contributed by atoms with E-state index in [1.165, 1.54) is 6.07 Å². The summed E-state index contributed by atoms with van der Waals surface area (Å²) in [5.74, 6) is 1.31. The fraction of sp³-hybridized carbons (Fsp3) is 0.793. The summed E-state index contributed by atoms with van der Waals surface area (Å²) in [6, 6.07) is 2.84. The Balaban J connectivity index is 1.33. The first-order valence-corrected chi connectivity index (χ1v) is 13.8. The Morgan fingerprint density at radius 1 is 1.09 bits per heavy atom. The Hall–Kier alpha value is -1.66. The van der Waals surface area contributed by atoms with Gasteiger partial charge in [0, 0.05) is 11.5 Å². The lowest BCUT2D eigenvalue weighted by atomic mass is 9.43. The van der Waals surface area contributed by atoms with Crippen molar-refractivity contribution in [2.24, 2.45) is 40.2 Å². The molecule has 194 valence electrons. The molecular formula is C29H43NO5. The highest BCUT2D eigenvalue weighted by Gasteiger charge is 2.67. The molecule has 3 N–H and O–H groups in total. The number of hydrogen-bond acceptors (Lipinski definition) is 6. The topological polar surface area (TPSA) is 103 Å². The van der Waals surface area contributed by atoms with Gasteiger partial charge in [-0.15, -0.1) is 0 Å². The standard InChI is InChI=1S/C29H43NO5/c1-17(2)25(30)26(32)35-20-9-12-27(3)19(15-20)6-7-23-22(27)10-13-28(4)21(11-14-29(23,28)33)18-5-8-24(31)34-16-18/h5,8,16-17,19-23,25,33H,6-7,9-15,30H2,1-4H3/t19-,20+,21-,22+,23-,25+,27+,28-,29+/m1/s1. The number of aliphatic hydroxyl groups is 1. The second kappa shape index (κ2) is 8.72. The summed E-state index contributed by atoms with van der Waals surface area (Å²) in [6.45, 7) is 8.62. The molecule has 5 rings (SSSR count). The maximum Gasteiger partial charge on any atom is 0.335 e. The van der Waals surface area contributed by atoms with E-state index in [4.69, 9.17) is 14.9 Å². The van der Waals surface area contributed by atoms with Crippen molar-refractivity contribution in [3.8, 4) is 0 Å². The molecule has 4 aliphatic rings. The van der Waals surface area contributed by atoms with Crippen LogP contribution in [0.3, 0.4) is 0 Å². The van der Waals surface area contributed by atoms with Gasteiger partial charge in [-0.05, 0) is 104 Å². The maximum atomic E-state index is 12.5. The van der Waals surface area contributed by atoms with Crippen molar-refractivity contribution >= 4 is 5.97 Å². The van der Waals surface area contributed by atoms with Gasteiger partial charge in [-0.1, -0.05) is 27.7 Å². The number of hydrogen-bond donors (Lipinski definition) is 2. The third-order valence-electron chi connectivity index (χ3n) is 11.2. The first-order valence-electron chi connectivity index (χ1n) is 13.8. The quantitative estimate of drug-likeness (QED) is 0.595. The van der Waals surface area contributed by atoms with Crippen LogP contribution >= 0.6 is 0 Å². The van der Waals surface area contributed by atoms with Crippen molar-refractivity contribution in [2.75, 3.05) is 0 Å². The fourth-order valence-corrected chi connectivity index (χ4v) is 8.91. The highest BCUT2D eigenvalue weighted by molar-refractivity contribution is 5.75. The van der Waals surface area contributed by atoms with Gasteiger partial charge in [0.2, 0.25) is 0 Å². The largest absolute Gasteiger partial charge is 0.461 e. The van der Waals surface area contributed by atoms with E-state index in [1.54, 1.807) is 6.26 Å². The van der Waals surface area contributed by atoms with E-state index in [9.17, 15) is 14.7 Å². The molecule has 6 heteroatoms. The molecule has 4 saturated carbocycles. The molecule has 4 fully saturated rings. The van der Waals surface area contributed by atoms with E-state index in [1.807, 2.05) is 19.9 Å². The number of ether oxygens (including phenoxy) is 1. The van der Waals surface area contributed by atoms with Crippen LogP contribution < -0.4 is 11.4 Å². The zero-order chi connectivity index (χ0) is 25.2. The minimum atomic E-state index is -0.696. The second-order valence-electron chi connectivity index (χ2n) is 13.0. The molecule has 0 radical (unpaired) electrons. The van der Waals surface area contributed by atoms with Gasteiger partial charge >= 0.3 is 11.6 Å². The highest BCUT2D eigenvalue weighted by atomic mass is 16.5. The third-order valence-corrected chi connectivity index (χ3v) is 11.2. The lowest BCUT2D eigenvalue weighted by molar-refractivity contribution is -0.207. The summed E-state index contributed by atoms with van der Waals surface area (Å²) in [5.41, 5.74) is 6.02. The van der Waals surface area contributed by atoms with Crippen molar-refractivity contribution in [2.45, 2.75) is 109 Å². The smallest absolute Gasteiger partial charge is 0.335 e. The van der Waals surface area contributed by atoms with E-state index in [0.29, 0.717) is 11.8 Å². The van der Waals surface area contributed by atoms with Gasteiger partial charge in [-0.25, -0.2) is 4.79 Å². The van der Waals surface area contributed by atoms with Gasteiger partial charge < -0.3 is 20.0 Å². The molecular weight excluding hydrogens is 442 g/mol. The van der Waals surface area contributed by atoms with Crippen molar-refractivity contribution < 1.29 is 19.1 Å². The summed E-state index contributed by atoms with van der Waals surface area (Å²) in [4.78, 5) is 24.0. The monoisotopic (exact) mass is 485 g/mol. The van der Waals surface area contributed by atoms with Crippen LogP contribution in [0.15, 0.2) is 27.6 Å². The van der Waals surface area contributed by atoms with Gasteiger partial charge in [0.15, 0.2) is 0 Å². The van der Waals surface area contributed by atoms with E-state index >= 15 is 0 Å².